The van der Waals surface area contributed by atoms with Gasteiger partial charge < -0.3 is 19.9 Å². The van der Waals surface area contributed by atoms with Gasteiger partial charge in [-0.1, -0.05) is 13.0 Å². The van der Waals surface area contributed by atoms with Gasteiger partial charge in [-0.05, 0) is 18.4 Å². The number of hydrogen-bond donors (Lipinski definition) is 2. The summed E-state index contributed by atoms with van der Waals surface area (Å²) in [6, 6.07) is 5.39. The molecule has 0 aromatic heterocycles. The third-order valence-electron chi connectivity index (χ3n) is 3.11. The van der Waals surface area contributed by atoms with E-state index in [0.29, 0.717) is 24.5 Å². The largest absolute Gasteiger partial charge is 0.497 e. The molecule has 1 unspecified atom stereocenters. The Labute approximate surface area is 119 Å². The number of amides is 1. The van der Waals surface area contributed by atoms with Crippen LogP contribution < -0.4 is 14.8 Å². The van der Waals surface area contributed by atoms with Crippen LogP contribution in [-0.4, -0.2) is 38.4 Å². The molecule has 0 aliphatic heterocycles. The Morgan fingerprint density at radius 3 is 2.70 bits per heavy atom. The Morgan fingerprint density at radius 1 is 1.35 bits per heavy atom. The van der Waals surface area contributed by atoms with E-state index in [9.17, 15) is 4.79 Å². The average Bonchev–Trinajstić information content (AvgIpc) is 2.46. The molecule has 1 atom stereocenters. The summed E-state index contributed by atoms with van der Waals surface area (Å²) >= 11 is 0. The minimum atomic E-state index is -0.0572. The molecular formula is C15H23NO4. The highest BCUT2D eigenvalue weighted by molar-refractivity contribution is 5.79. The lowest BCUT2D eigenvalue weighted by Gasteiger charge is -2.13. The first-order valence-corrected chi connectivity index (χ1v) is 6.69. The van der Waals surface area contributed by atoms with Crippen LogP contribution in [0.25, 0.3) is 0 Å². The number of rotatable bonds is 8. The molecule has 0 bridgehead atoms. The third-order valence-corrected chi connectivity index (χ3v) is 3.11. The first kappa shape index (κ1) is 16.3. The lowest BCUT2D eigenvalue weighted by atomic mass is 10.1. The smallest absolute Gasteiger partial charge is 0.224 e. The van der Waals surface area contributed by atoms with E-state index in [4.69, 9.17) is 14.6 Å². The normalized spacial score (nSPS) is 11.8. The summed E-state index contributed by atoms with van der Waals surface area (Å²) in [7, 11) is 3.16. The summed E-state index contributed by atoms with van der Waals surface area (Å²) < 4.78 is 10.4. The van der Waals surface area contributed by atoms with E-state index in [2.05, 4.69) is 5.32 Å². The third kappa shape index (κ3) is 5.09. The average molecular weight is 281 g/mol. The van der Waals surface area contributed by atoms with Gasteiger partial charge >= 0.3 is 0 Å². The van der Waals surface area contributed by atoms with Crippen molar-refractivity contribution in [3.63, 3.8) is 0 Å². The van der Waals surface area contributed by atoms with E-state index in [-0.39, 0.29) is 24.9 Å². The van der Waals surface area contributed by atoms with Crippen molar-refractivity contribution in [1.82, 2.24) is 5.32 Å². The molecule has 1 rings (SSSR count). The summed E-state index contributed by atoms with van der Waals surface area (Å²) in [6.45, 7) is 2.70. The van der Waals surface area contributed by atoms with Crippen molar-refractivity contribution in [2.24, 2.45) is 5.92 Å². The molecule has 0 saturated carbocycles. The molecule has 0 aliphatic carbocycles. The molecular weight excluding hydrogens is 258 g/mol. The Kier molecular flexibility index (Phi) is 6.87. The highest BCUT2D eigenvalue weighted by Gasteiger charge is 2.11. The minimum Gasteiger partial charge on any atom is -0.497 e. The summed E-state index contributed by atoms with van der Waals surface area (Å²) in [6.07, 6.45) is 0.950. The number of ether oxygens (including phenoxy) is 2. The number of aliphatic hydroxyl groups excluding tert-OH is 1. The summed E-state index contributed by atoms with van der Waals surface area (Å²) in [5, 5.41) is 11.7. The fourth-order valence-electron chi connectivity index (χ4n) is 1.84. The number of benzene rings is 1. The molecule has 1 aromatic carbocycles. The maximum atomic E-state index is 11.9. The number of hydrogen-bond acceptors (Lipinski definition) is 4. The van der Waals surface area contributed by atoms with Crippen LogP contribution in [0.3, 0.4) is 0 Å². The van der Waals surface area contributed by atoms with E-state index < -0.39 is 0 Å². The standard InChI is InChI=1S/C15H23NO4/c1-11(6-7-17)10-16-15(18)8-12-4-5-13(19-2)9-14(12)20-3/h4-5,9,11,17H,6-8,10H2,1-3H3,(H,16,18). The van der Waals surface area contributed by atoms with Gasteiger partial charge in [-0.3, -0.25) is 4.79 Å². The number of aliphatic hydroxyl groups is 1. The maximum absolute atomic E-state index is 11.9. The SMILES string of the molecule is COc1ccc(CC(=O)NCC(C)CCO)c(OC)c1. The fourth-order valence-corrected chi connectivity index (χ4v) is 1.84. The van der Waals surface area contributed by atoms with Crippen LogP contribution in [0.4, 0.5) is 0 Å². The van der Waals surface area contributed by atoms with Gasteiger partial charge in [-0.25, -0.2) is 0 Å². The molecule has 1 amide bonds. The minimum absolute atomic E-state index is 0.0572. The predicted octanol–water partition coefficient (Wildman–Crippen LogP) is 1.38. The van der Waals surface area contributed by atoms with Gasteiger partial charge in [-0.2, -0.15) is 0 Å². The zero-order valence-electron chi connectivity index (χ0n) is 12.3. The van der Waals surface area contributed by atoms with E-state index in [1.807, 2.05) is 13.0 Å². The zero-order valence-corrected chi connectivity index (χ0v) is 12.3. The lowest BCUT2D eigenvalue weighted by molar-refractivity contribution is -0.120. The van der Waals surface area contributed by atoms with Crippen LogP contribution in [0.15, 0.2) is 18.2 Å². The Bertz CT molecular complexity index is 434. The van der Waals surface area contributed by atoms with Crippen LogP contribution in [-0.2, 0) is 11.2 Å². The molecule has 5 nitrogen and oxygen atoms in total. The molecule has 0 spiro atoms. The van der Waals surface area contributed by atoms with Crippen molar-refractivity contribution in [2.75, 3.05) is 27.4 Å². The van der Waals surface area contributed by atoms with Gasteiger partial charge in [0.2, 0.25) is 5.91 Å². The van der Waals surface area contributed by atoms with Crippen LogP contribution in [0.2, 0.25) is 0 Å². The second kappa shape index (κ2) is 8.43. The molecule has 2 N–H and O–H groups in total. The zero-order chi connectivity index (χ0) is 15.0. The van der Waals surface area contributed by atoms with Crippen molar-refractivity contribution >= 4 is 5.91 Å². The van der Waals surface area contributed by atoms with Gasteiger partial charge in [0.15, 0.2) is 0 Å². The molecule has 112 valence electrons. The van der Waals surface area contributed by atoms with Crippen molar-refractivity contribution in [3.05, 3.63) is 23.8 Å². The first-order chi connectivity index (χ1) is 9.60. The number of nitrogens with one attached hydrogen (secondary N) is 1. The van der Waals surface area contributed by atoms with Crippen molar-refractivity contribution in [3.8, 4) is 11.5 Å². The van der Waals surface area contributed by atoms with Gasteiger partial charge in [0.25, 0.3) is 0 Å². The van der Waals surface area contributed by atoms with E-state index in [1.54, 1.807) is 26.4 Å². The van der Waals surface area contributed by atoms with Crippen LogP contribution >= 0.6 is 0 Å². The number of carbonyl (C=O) groups is 1. The Hall–Kier alpha value is -1.75. The quantitative estimate of drug-likeness (QED) is 0.755. The van der Waals surface area contributed by atoms with Gasteiger partial charge in [-0.15, -0.1) is 0 Å². The number of carbonyl (C=O) groups excluding carboxylic acids is 1. The second-order valence-corrected chi connectivity index (χ2v) is 4.78. The fraction of sp³-hybridized carbons (Fsp3) is 0.533. The topological polar surface area (TPSA) is 67.8 Å². The molecule has 20 heavy (non-hydrogen) atoms. The highest BCUT2D eigenvalue weighted by atomic mass is 16.5. The van der Waals surface area contributed by atoms with E-state index in [0.717, 1.165) is 5.56 Å². The molecule has 0 fully saturated rings. The van der Waals surface area contributed by atoms with Crippen LogP contribution in [0, 0.1) is 5.92 Å². The molecule has 0 radical (unpaired) electrons. The first-order valence-electron chi connectivity index (χ1n) is 6.69. The Balaban J connectivity index is 2.57. The molecule has 1 aromatic rings. The van der Waals surface area contributed by atoms with Gasteiger partial charge in [0, 0.05) is 24.8 Å². The van der Waals surface area contributed by atoms with E-state index in [1.165, 1.54) is 0 Å². The summed E-state index contributed by atoms with van der Waals surface area (Å²) in [5.74, 6) is 1.55. The molecule has 0 saturated heterocycles. The molecule has 0 heterocycles. The lowest BCUT2D eigenvalue weighted by Crippen LogP contribution is -2.30. The van der Waals surface area contributed by atoms with E-state index >= 15 is 0 Å². The van der Waals surface area contributed by atoms with Gasteiger partial charge in [0.05, 0.1) is 20.6 Å². The molecule has 0 aliphatic rings. The summed E-state index contributed by atoms with van der Waals surface area (Å²) in [4.78, 5) is 11.9. The monoisotopic (exact) mass is 281 g/mol. The highest BCUT2D eigenvalue weighted by Crippen LogP contribution is 2.24. The van der Waals surface area contributed by atoms with Gasteiger partial charge in [0.1, 0.15) is 11.5 Å². The van der Waals surface area contributed by atoms with Crippen molar-refractivity contribution in [1.29, 1.82) is 0 Å². The molecule has 5 heteroatoms. The van der Waals surface area contributed by atoms with Crippen molar-refractivity contribution in [2.45, 2.75) is 19.8 Å². The summed E-state index contributed by atoms with van der Waals surface area (Å²) in [5.41, 5.74) is 0.820. The Morgan fingerprint density at radius 2 is 2.10 bits per heavy atom. The van der Waals surface area contributed by atoms with Crippen molar-refractivity contribution < 1.29 is 19.4 Å². The number of methoxy groups -OCH3 is 2. The van der Waals surface area contributed by atoms with Crippen LogP contribution in [0.1, 0.15) is 18.9 Å². The predicted molar refractivity (Wildman–Crippen MR) is 77.1 cm³/mol. The maximum Gasteiger partial charge on any atom is 0.224 e. The second-order valence-electron chi connectivity index (χ2n) is 4.78. The van der Waals surface area contributed by atoms with Crippen LogP contribution in [0.5, 0.6) is 11.5 Å².